The van der Waals surface area contributed by atoms with Gasteiger partial charge in [0.05, 0.1) is 6.33 Å². The number of carbonyl (C=O) groups is 1. The molecule has 0 aromatic carbocycles. The number of imidazole rings is 1. The van der Waals surface area contributed by atoms with Crippen molar-refractivity contribution in [3.8, 4) is 0 Å². The lowest BCUT2D eigenvalue weighted by atomic mass is 9.95. The molecular weight excluding hydrogens is 206 g/mol. The summed E-state index contributed by atoms with van der Waals surface area (Å²) in [5, 5.41) is 11.8. The number of aliphatic hydroxyl groups excluding tert-OH is 1. The van der Waals surface area contributed by atoms with Gasteiger partial charge in [0, 0.05) is 25.4 Å². The van der Waals surface area contributed by atoms with Crippen LogP contribution in [0, 0.1) is 0 Å². The molecule has 1 rings (SSSR count). The van der Waals surface area contributed by atoms with Crippen molar-refractivity contribution in [1.29, 1.82) is 0 Å². The van der Waals surface area contributed by atoms with Crippen molar-refractivity contribution in [3.63, 3.8) is 0 Å². The summed E-state index contributed by atoms with van der Waals surface area (Å²) < 4.78 is 1.73. The van der Waals surface area contributed by atoms with Gasteiger partial charge in [0.2, 0.25) is 0 Å². The summed E-state index contributed by atoms with van der Waals surface area (Å²) >= 11 is 0. The molecule has 0 aliphatic rings. The summed E-state index contributed by atoms with van der Waals surface area (Å²) in [7, 11) is 1.82. The third kappa shape index (κ3) is 3.06. The molecule has 0 radical (unpaired) electrons. The first-order chi connectivity index (χ1) is 7.50. The Morgan fingerprint density at radius 2 is 2.38 bits per heavy atom. The van der Waals surface area contributed by atoms with Gasteiger partial charge in [-0.05, 0) is 19.8 Å². The van der Waals surface area contributed by atoms with E-state index >= 15 is 0 Å². The van der Waals surface area contributed by atoms with Gasteiger partial charge < -0.3 is 15.0 Å². The normalized spacial score (nSPS) is 14.5. The van der Waals surface area contributed by atoms with Crippen LogP contribution in [0.1, 0.15) is 37.2 Å². The van der Waals surface area contributed by atoms with Gasteiger partial charge in [0.25, 0.3) is 5.91 Å². The Labute approximate surface area is 95.5 Å². The fourth-order valence-electron chi connectivity index (χ4n) is 1.44. The zero-order valence-electron chi connectivity index (χ0n) is 10.0. The molecule has 1 heterocycles. The monoisotopic (exact) mass is 225 g/mol. The Bertz CT molecular complexity index is 362. The quantitative estimate of drug-likeness (QED) is 0.775. The minimum absolute atomic E-state index is 0.0623. The summed E-state index contributed by atoms with van der Waals surface area (Å²) in [5.41, 5.74) is 0.0312. The first-order valence-corrected chi connectivity index (χ1v) is 5.42. The molecule has 0 saturated carbocycles. The van der Waals surface area contributed by atoms with Crippen LogP contribution in [0.4, 0.5) is 0 Å². The van der Waals surface area contributed by atoms with Gasteiger partial charge in [-0.25, -0.2) is 4.98 Å². The number of rotatable bonds is 5. The summed E-state index contributed by atoms with van der Waals surface area (Å²) in [6.07, 6.45) is 4.57. The molecule has 1 amide bonds. The maximum Gasteiger partial charge on any atom is 0.271 e. The van der Waals surface area contributed by atoms with Crippen molar-refractivity contribution in [2.75, 3.05) is 6.61 Å². The molecule has 0 aliphatic carbocycles. The number of hydrogen-bond acceptors (Lipinski definition) is 3. The molecule has 1 aromatic heterocycles. The van der Waals surface area contributed by atoms with E-state index in [1.807, 2.05) is 20.9 Å². The number of amides is 1. The van der Waals surface area contributed by atoms with Gasteiger partial charge in [-0.2, -0.15) is 0 Å². The number of nitrogens with one attached hydrogen (secondary N) is 1. The summed E-state index contributed by atoms with van der Waals surface area (Å²) in [6, 6.07) is 0. The highest BCUT2D eigenvalue weighted by Crippen LogP contribution is 2.14. The van der Waals surface area contributed by atoms with Crippen LogP contribution >= 0.6 is 0 Å². The topological polar surface area (TPSA) is 67.2 Å². The zero-order valence-corrected chi connectivity index (χ0v) is 10.0. The van der Waals surface area contributed by atoms with E-state index in [0.29, 0.717) is 12.1 Å². The van der Waals surface area contributed by atoms with Crippen molar-refractivity contribution < 1.29 is 9.90 Å². The molecule has 0 spiro atoms. The van der Waals surface area contributed by atoms with E-state index in [0.717, 1.165) is 6.42 Å². The maximum atomic E-state index is 11.8. The molecule has 5 nitrogen and oxygen atoms in total. The Kier molecular flexibility index (Phi) is 4.06. The van der Waals surface area contributed by atoms with Gasteiger partial charge in [0.1, 0.15) is 5.69 Å². The summed E-state index contributed by atoms with van der Waals surface area (Å²) in [4.78, 5) is 15.8. The molecule has 90 valence electrons. The minimum atomic E-state index is -0.372. The second kappa shape index (κ2) is 5.12. The summed E-state index contributed by atoms with van der Waals surface area (Å²) in [5.74, 6) is -0.196. The van der Waals surface area contributed by atoms with Crippen molar-refractivity contribution in [2.45, 2.75) is 32.2 Å². The molecule has 5 heteroatoms. The van der Waals surface area contributed by atoms with Crippen molar-refractivity contribution in [1.82, 2.24) is 14.9 Å². The zero-order chi connectivity index (χ0) is 12.2. The van der Waals surface area contributed by atoms with Crippen LogP contribution in [0.15, 0.2) is 12.5 Å². The van der Waals surface area contributed by atoms with E-state index in [2.05, 4.69) is 10.3 Å². The van der Waals surface area contributed by atoms with Crippen LogP contribution in [0.2, 0.25) is 0 Å². The largest absolute Gasteiger partial charge is 0.396 e. The second-order valence-corrected chi connectivity index (χ2v) is 4.27. The lowest BCUT2D eigenvalue weighted by Crippen LogP contribution is -2.46. The molecule has 2 N–H and O–H groups in total. The third-order valence-corrected chi connectivity index (χ3v) is 2.80. The fraction of sp³-hybridized carbons (Fsp3) is 0.636. The van der Waals surface area contributed by atoms with Crippen LogP contribution in [-0.4, -0.2) is 32.7 Å². The van der Waals surface area contributed by atoms with Gasteiger partial charge in [-0.15, -0.1) is 0 Å². The highest BCUT2D eigenvalue weighted by Gasteiger charge is 2.24. The van der Waals surface area contributed by atoms with Crippen LogP contribution in [0.3, 0.4) is 0 Å². The number of aliphatic hydroxyl groups is 1. The average molecular weight is 225 g/mol. The highest BCUT2D eigenvalue weighted by molar-refractivity contribution is 5.92. The van der Waals surface area contributed by atoms with Crippen LogP contribution in [0.25, 0.3) is 0 Å². The van der Waals surface area contributed by atoms with E-state index in [1.165, 1.54) is 0 Å². The van der Waals surface area contributed by atoms with Gasteiger partial charge >= 0.3 is 0 Å². The molecule has 0 fully saturated rings. The predicted octanol–water partition coefficient (Wildman–Crippen LogP) is 0.701. The number of aromatic nitrogens is 2. The van der Waals surface area contributed by atoms with Gasteiger partial charge in [-0.3, -0.25) is 4.79 Å². The van der Waals surface area contributed by atoms with E-state index < -0.39 is 0 Å². The Morgan fingerprint density at radius 3 is 2.81 bits per heavy atom. The first kappa shape index (κ1) is 12.7. The van der Waals surface area contributed by atoms with E-state index in [9.17, 15) is 4.79 Å². The lowest BCUT2D eigenvalue weighted by Gasteiger charge is -2.28. The SMILES string of the molecule is CCC(C)(CCO)NC(=O)c1cn(C)cn1. The molecule has 1 unspecified atom stereocenters. The molecule has 1 atom stereocenters. The van der Waals surface area contributed by atoms with Gasteiger partial charge in [-0.1, -0.05) is 6.92 Å². The predicted molar refractivity (Wildman–Crippen MR) is 61.1 cm³/mol. The average Bonchev–Trinajstić information content (AvgIpc) is 2.65. The van der Waals surface area contributed by atoms with Gasteiger partial charge in [0.15, 0.2) is 0 Å². The second-order valence-electron chi connectivity index (χ2n) is 4.27. The number of carbonyl (C=O) groups excluding carboxylic acids is 1. The van der Waals surface area contributed by atoms with E-state index in [1.54, 1.807) is 17.1 Å². The smallest absolute Gasteiger partial charge is 0.271 e. The van der Waals surface area contributed by atoms with Crippen molar-refractivity contribution in [2.24, 2.45) is 7.05 Å². The first-order valence-electron chi connectivity index (χ1n) is 5.42. The number of hydrogen-bond donors (Lipinski definition) is 2. The molecule has 16 heavy (non-hydrogen) atoms. The Balaban J connectivity index is 2.69. The molecule has 1 aromatic rings. The number of aryl methyl sites for hydroxylation is 1. The number of nitrogens with zero attached hydrogens (tertiary/aromatic N) is 2. The highest BCUT2D eigenvalue weighted by atomic mass is 16.3. The maximum absolute atomic E-state index is 11.8. The van der Waals surface area contributed by atoms with Crippen LogP contribution in [-0.2, 0) is 7.05 Å². The van der Waals surface area contributed by atoms with Crippen molar-refractivity contribution in [3.05, 3.63) is 18.2 Å². The van der Waals surface area contributed by atoms with E-state index in [-0.39, 0.29) is 18.1 Å². The van der Waals surface area contributed by atoms with E-state index in [4.69, 9.17) is 5.11 Å². The molecular formula is C11H19N3O2. The fourth-order valence-corrected chi connectivity index (χ4v) is 1.44. The molecule has 0 saturated heterocycles. The third-order valence-electron chi connectivity index (χ3n) is 2.80. The van der Waals surface area contributed by atoms with Crippen LogP contribution in [0.5, 0.6) is 0 Å². The molecule has 0 bridgehead atoms. The lowest BCUT2D eigenvalue weighted by molar-refractivity contribution is 0.0881. The standard InChI is InChI=1S/C11H19N3O2/c1-4-11(2,5-6-15)13-10(16)9-7-14(3)8-12-9/h7-8,15H,4-6H2,1-3H3,(H,13,16). The summed E-state index contributed by atoms with van der Waals surface area (Å²) in [6.45, 7) is 3.96. The van der Waals surface area contributed by atoms with Crippen LogP contribution < -0.4 is 5.32 Å². The molecule has 0 aliphatic heterocycles. The Morgan fingerprint density at radius 1 is 1.69 bits per heavy atom. The Hall–Kier alpha value is -1.36. The van der Waals surface area contributed by atoms with Crippen molar-refractivity contribution >= 4 is 5.91 Å². The minimum Gasteiger partial charge on any atom is -0.396 e.